The number of benzene rings is 2. The largest absolute Gasteiger partial charge is 0.326 e. The van der Waals surface area contributed by atoms with Gasteiger partial charge in [0.05, 0.1) is 6.42 Å². The Kier molecular flexibility index (Phi) is 4.65. The zero-order valence-electron chi connectivity index (χ0n) is 14.1. The van der Waals surface area contributed by atoms with E-state index in [9.17, 15) is 9.59 Å². The summed E-state index contributed by atoms with van der Waals surface area (Å²) in [6, 6.07) is 14.0. The highest BCUT2D eigenvalue weighted by Gasteiger charge is 2.17. The Morgan fingerprint density at radius 3 is 2.62 bits per heavy atom. The van der Waals surface area contributed by atoms with Gasteiger partial charge in [-0.2, -0.15) is 0 Å². The molecule has 4 nitrogen and oxygen atoms in total. The monoisotopic (exact) mass is 322 g/mol. The summed E-state index contributed by atoms with van der Waals surface area (Å²) < 4.78 is 0. The topological polar surface area (TPSA) is 58.2 Å². The molecule has 0 saturated heterocycles. The number of anilines is 2. The average molecular weight is 322 g/mol. The van der Waals surface area contributed by atoms with Crippen molar-refractivity contribution in [3.8, 4) is 0 Å². The molecule has 1 aliphatic heterocycles. The standard InChI is InChI=1S/C20H22N2O2/c1-13(2)15-6-3-14(4-7-15)5-10-19(23)21-17-8-9-18-16(11-17)12-20(24)22-18/h3-4,6-9,11,13H,5,10,12H2,1-2H3,(H,21,23)(H,22,24). The SMILES string of the molecule is CC(C)c1ccc(CCC(=O)Nc2ccc3c(c2)CC(=O)N3)cc1. The lowest BCUT2D eigenvalue weighted by Crippen LogP contribution is -2.12. The van der Waals surface area contributed by atoms with Crippen molar-refractivity contribution in [3.63, 3.8) is 0 Å². The zero-order chi connectivity index (χ0) is 17.1. The molecule has 1 aliphatic rings. The first kappa shape index (κ1) is 16.2. The molecule has 0 radical (unpaired) electrons. The van der Waals surface area contributed by atoms with E-state index < -0.39 is 0 Å². The minimum absolute atomic E-state index is 0.00155. The van der Waals surface area contributed by atoms with Gasteiger partial charge in [-0.1, -0.05) is 38.1 Å². The second-order valence-electron chi connectivity index (χ2n) is 6.54. The molecule has 0 fully saturated rings. The van der Waals surface area contributed by atoms with E-state index >= 15 is 0 Å². The van der Waals surface area contributed by atoms with Crippen LogP contribution in [-0.4, -0.2) is 11.8 Å². The highest BCUT2D eigenvalue weighted by Crippen LogP contribution is 2.26. The number of hydrogen-bond donors (Lipinski definition) is 2. The van der Waals surface area contributed by atoms with E-state index in [2.05, 4.69) is 48.7 Å². The van der Waals surface area contributed by atoms with Crippen molar-refractivity contribution < 1.29 is 9.59 Å². The van der Waals surface area contributed by atoms with E-state index in [1.807, 2.05) is 18.2 Å². The molecule has 0 spiro atoms. The summed E-state index contributed by atoms with van der Waals surface area (Å²) in [5.74, 6) is 0.502. The molecule has 4 heteroatoms. The zero-order valence-corrected chi connectivity index (χ0v) is 14.1. The Labute approximate surface area is 142 Å². The van der Waals surface area contributed by atoms with Crippen LogP contribution in [0.5, 0.6) is 0 Å². The van der Waals surface area contributed by atoms with E-state index in [1.54, 1.807) is 0 Å². The third-order valence-electron chi connectivity index (χ3n) is 4.30. The second kappa shape index (κ2) is 6.87. The molecule has 124 valence electrons. The van der Waals surface area contributed by atoms with Gasteiger partial charge < -0.3 is 10.6 Å². The Morgan fingerprint density at radius 2 is 1.92 bits per heavy atom. The van der Waals surface area contributed by atoms with E-state index in [4.69, 9.17) is 0 Å². The molecule has 0 aromatic heterocycles. The quantitative estimate of drug-likeness (QED) is 0.878. The molecule has 3 rings (SSSR count). The van der Waals surface area contributed by atoms with Gasteiger partial charge in [0, 0.05) is 17.8 Å². The number of carbonyl (C=O) groups is 2. The fourth-order valence-electron chi connectivity index (χ4n) is 2.86. The number of aryl methyl sites for hydroxylation is 1. The molecule has 2 aromatic rings. The number of fused-ring (bicyclic) bond motifs is 1. The first-order chi connectivity index (χ1) is 11.5. The van der Waals surface area contributed by atoms with Gasteiger partial charge in [0.2, 0.25) is 11.8 Å². The van der Waals surface area contributed by atoms with E-state index in [1.165, 1.54) is 11.1 Å². The molecular weight excluding hydrogens is 300 g/mol. The van der Waals surface area contributed by atoms with Gasteiger partial charge in [-0.15, -0.1) is 0 Å². The lowest BCUT2D eigenvalue weighted by molar-refractivity contribution is -0.116. The lowest BCUT2D eigenvalue weighted by atomic mass is 10.0. The van der Waals surface area contributed by atoms with Crippen LogP contribution in [0.2, 0.25) is 0 Å². The molecule has 0 unspecified atom stereocenters. The van der Waals surface area contributed by atoms with Crippen molar-refractivity contribution in [1.29, 1.82) is 0 Å². The third-order valence-corrected chi connectivity index (χ3v) is 4.30. The summed E-state index contributed by atoms with van der Waals surface area (Å²) >= 11 is 0. The smallest absolute Gasteiger partial charge is 0.228 e. The third kappa shape index (κ3) is 3.82. The summed E-state index contributed by atoms with van der Waals surface area (Å²) in [5.41, 5.74) is 4.98. The van der Waals surface area contributed by atoms with Gasteiger partial charge in [-0.3, -0.25) is 9.59 Å². The average Bonchev–Trinajstić information content (AvgIpc) is 2.92. The molecule has 0 atom stereocenters. The van der Waals surface area contributed by atoms with E-state index in [-0.39, 0.29) is 11.8 Å². The first-order valence-corrected chi connectivity index (χ1v) is 8.33. The highest BCUT2D eigenvalue weighted by molar-refractivity contribution is 6.00. The second-order valence-corrected chi connectivity index (χ2v) is 6.54. The van der Waals surface area contributed by atoms with Gasteiger partial charge in [0.15, 0.2) is 0 Å². The molecule has 24 heavy (non-hydrogen) atoms. The molecule has 0 bridgehead atoms. The minimum atomic E-state index is -0.0137. The summed E-state index contributed by atoms with van der Waals surface area (Å²) in [5, 5.41) is 5.69. The van der Waals surface area contributed by atoms with Crippen LogP contribution >= 0.6 is 0 Å². The molecule has 1 heterocycles. The maximum Gasteiger partial charge on any atom is 0.228 e. The summed E-state index contributed by atoms with van der Waals surface area (Å²) in [6.45, 7) is 4.34. The van der Waals surface area contributed by atoms with Gasteiger partial charge in [-0.05, 0) is 47.2 Å². The van der Waals surface area contributed by atoms with E-state index in [0.29, 0.717) is 18.8 Å². The molecule has 2 aromatic carbocycles. The highest BCUT2D eigenvalue weighted by atomic mass is 16.2. The summed E-state index contributed by atoms with van der Waals surface area (Å²) in [4.78, 5) is 23.5. The molecule has 2 N–H and O–H groups in total. The predicted molar refractivity (Wildman–Crippen MR) is 96.3 cm³/mol. The number of carbonyl (C=O) groups excluding carboxylic acids is 2. The Bertz CT molecular complexity index is 764. The molecular formula is C20H22N2O2. The van der Waals surface area contributed by atoms with Gasteiger partial charge in [0.1, 0.15) is 0 Å². The van der Waals surface area contributed by atoms with Gasteiger partial charge in [0.25, 0.3) is 0 Å². The van der Waals surface area contributed by atoms with E-state index in [0.717, 1.165) is 23.4 Å². The fourth-order valence-corrected chi connectivity index (χ4v) is 2.86. The Hall–Kier alpha value is -2.62. The Morgan fingerprint density at radius 1 is 1.17 bits per heavy atom. The first-order valence-electron chi connectivity index (χ1n) is 8.33. The van der Waals surface area contributed by atoms with Crippen molar-refractivity contribution >= 4 is 23.2 Å². The summed E-state index contributed by atoms with van der Waals surface area (Å²) in [6.07, 6.45) is 1.53. The van der Waals surface area contributed by atoms with Gasteiger partial charge >= 0.3 is 0 Å². The maximum absolute atomic E-state index is 12.1. The van der Waals surface area contributed by atoms with Crippen LogP contribution in [0.3, 0.4) is 0 Å². The Balaban J connectivity index is 1.54. The number of nitrogens with one attached hydrogen (secondary N) is 2. The van der Waals surface area contributed by atoms with Crippen molar-refractivity contribution in [2.24, 2.45) is 0 Å². The van der Waals surface area contributed by atoms with Crippen molar-refractivity contribution in [3.05, 3.63) is 59.2 Å². The van der Waals surface area contributed by atoms with Crippen LogP contribution < -0.4 is 10.6 Å². The summed E-state index contributed by atoms with van der Waals surface area (Å²) in [7, 11) is 0. The molecule has 0 saturated carbocycles. The predicted octanol–water partition coefficient (Wildman–Crippen LogP) is 3.88. The maximum atomic E-state index is 12.1. The van der Waals surface area contributed by atoms with Crippen molar-refractivity contribution in [1.82, 2.24) is 0 Å². The van der Waals surface area contributed by atoms with Crippen LogP contribution in [0, 0.1) is 0 Å². The number of rotatable bonds is 5. The number of hydrogen-bond acceptors (Lipinski definition) is 2. The minimum Gasteiger partial charge on any atom is -0.326 e. The van der Waals surface area contributed by atoms with Crippen LogP contribution in [0.1, 0.15) is 42.9 Å². The molecule has 2 amide bonds. The van der Waals surface area contributed by atoms with Crippen LogP contribution in [0.4, 0.5) is 11.4 Å². The van der Waals surface area contributed by atoms with Crippen LogP contribution in [0.15, 0.2) is 42.5 Å². The van der Waals surface area contributed by atoms with Gasteiger partial charge in [-0.25, -0.2) is 0 Å². The number of amides is 2. The van der Waals surface area contributed by atoms with Crippen LogP contribution in [-0.2, 0) is 22.4 Å². The lowest BCUT2D eigenvalue weighted by Gasteiger charge is -2.08. The van der Waals surface area contributed by atoms with Crippen molar-refractivity contribution in [2.75, 3.05) is 10.6 Å². The fraction of sp³-hybridized carbons (Fsp3) is 0.300. The van der Waals surface area contributed by atoms with Crippen molar-refractivity contribution in [2.45, 2.75) is 39.0 Å². The molecule has 0 aliphatic carbocycles. The normalized spacial score (nSPS) is 12.9. The van der Waals surface area contributed by atoms with Crippen LogP contribution in [0.25, 0.3) is 0 Å².